The van der Waals surface area contributed by atoms with Crippen LogP contribution in [-0.4, -0.2) is 32.1 Å². The Morgan fingerprint density at radius 3 is 2.43 bits per heavy atom. The molecule has 108 valence electrons. The van der Waals surface area contributed by atoms with Crippen LogP contribution in [-0.2, 0) is 0 Å². The fourth-order valence-electron chi connectivity index (χ4n) is 1.59. The minimum Gasteiger partial charge on any atom is -0.476 e. The number of carboxylic acid groups (broad SMARTS) is 2. The number of oxazole rings is 1. The van der Waals surface area contributed by atoms with Crippen molar-refractivity contribution < 1.29 is 29.1 Å². The van der Waals surface area contributed by atoms with Crippen molar-refractivity contribution in [2.75, 3.05) is 0 Å². The first kappa shape index (κ1) is 14.5. The second kappa shape index (κ2) is 5.21. The van der Waals surface area contributed by atoms with E-state index in [0.717, 1.165) is 6.07 Å². The number of hydrogen-bond acceptors (Lipinski definition) is 6. The van der Waals surface area contributed by atoms with Crippen LogP contribution in [0.25, 0.3) is 11.5 Å². The van der Waals surface area contributed by atoms with E-state index < -0.39 is 39.9 Å². The minimum absolute atomic E-state index is 0.126. The summed E-state index contributed by atoms with van der Waals surface area (Å²) in [5.74, 6) is -4.80. The summed E-state index contributed by atoms with van der Waals surface area (Å²) in [5.41, 5.74) is -1.65. The fraction of sp³-hybridized carbons (Fsp3) is 0. The van der Waals surface area contributed by atoms with Crippen LogP contribution in [0.4, 0.5) is 5.69 Å². The van der Waals surface area contributed by atoms with Gasteiger partial charge in [-0.05, 0) is 6.07 Å². The van der Waals surface area contributed by atoms with E-state index in [1.165, 1.54) is 12.1 Å². The van der Waals surface area contributed by atoms with Gasteiger partial charge in [-0.2, -0.15) is 0 Å². The van der Waals surface area contributed by atoms with E-state index in [-0.39, 0.29) is 10.6 Å². The molecule has 0 bridgehead atoms. The molecule has 0 saturated heterocycles. The molecule has 0 aliphatic heterocycles. The Kier molecular flexibility index (Phi) is 3.59. The van der Waals surface area contributed by atoms with Crippen molar-refractivity contribution in [2.24, 2.45) is 0 Å². The van der Waals surface area contributed by atoms with Crippen molar-refractivity contribution in [1.29, 1.82) is 0 Å². The van der Waals surface area contributed by atoms with E-state index >= 15 is 0 Å². The van der Waals surface area contributed by atoms with Crippen molar-refractivity contribution in [3.05, 3.63) is 44.8 Å². The first-order chi connectivity index (χ1) is 9.82. The summed E-state index contributed by atoms with van der Waals surface area (Å²) in [6.45, 7) is 0. The molecule has 2 rings (SSSR count). The average Bonchev–Trinajstić information content (AvgIpc) is 2.83. The zero-order chi connectivity index (χ0) is 15.7. The van der Waals surface area contributed by atoms with Gasteiger partial charge in [-0.3, -0.25) is 10.1 Å². The molecule has 0 spiro atoms. The molecule has 1 aromatic heterocycles. The third-order valence-corrected chi connectivity index (χ3v) is 2.74. The number of benzene rings is 1. The summed E-state index contributed by atoms with van der Waals surface area (Å²) in [5, 5.41) is 28.6. The topological polar surface area (TPSA) is 144 Å². The van der Waals surface area contributed by atoms with E-state index in [2.05, 4.69) is 4.98 Å². The number of nitro benzene ring substituents is 1. The lowest BCUT2D eigenvalue weighted by Gasteiger charge is -2.00. The van der Waals surface area contributed by atoms with Gasteiger partial charge in [0.05, 0.1) is 9.95 Å². The Balaban J connectivity index is 2.74. The van der Waals surface area contributed by atoms with Gasteiger partial charge in [-0.1, -0.05) is 17.7 Å². The number of halogens is 1. The van der Waals surface area contributed by atoms with Crippen LogP contribution >= 0.6 is 11.6 Å². The second-order valence-corrected chi connectivity index (χ2v) is 4.11. The maximum atomic E-state index is 11.0. The molecule has 0 radical (unpaired) electrons. The number of carbonyl (C=O) groups is 2. The van der Waals surface area contributed by atoms with E-state index in [9.17, 15) is 19.7 Å². The number of aromatic nitrogens is 1. The molecule has 0 atom stereocenters. The first-order valence-electron chi connectivity index (χ1n) is 5.23. The van der Waals surface area contributed by atoms with E-state index in [0.29, 0.717) is 0 Å². The third-order valence-electron chi connectivity index (χ3n) is 2.43. The van der Waals surface area contributed by atoms with Gasteiger partial charge in [0.1, 0.15) is 5.56 Å². The predicted octanol–water partition coefficient (Wildman–Crippen LogP) is 2.30. The average molecular weight is 313 g/mol. The zero-order valence-electron chi connectivity index (χ0n) is 9.94. The third kappa shape index (κ3) is 2.54. The standard InChI is InChI=1S/C11H5ClN2O7/c12-4-2-1-3-5(14(19)20)6(4)9-13-7(10(15)16)8(21-9)11(17)18/h1-3H,(H,15,16)(H,17,18). The summed E-state index contributed by atoms with van der Waals surface area (Å²) < 4.78 is 4.81. The van der Waals surface area contributed by atoms with Gasteiger partial charge >= 0.3 is 11.9 Å². The fourth-order valence-corrected chi connectivity index (χ4v) is 1.84. The largest absolute Gasteiger partial charge is 0.476 e. The molecule has 1 aromatic carbocycles. The lowest BCUT2D eigenvalue weighted by Crippen LogP contribution is -2.05. The first-order valence-corrected chi connectivity index (χ1v) is 5.61. The highest BCUT2D eigenvalue weighted by Crippen LogP contribution is 2.36. The van der Waals surface area contributed by atoms with Crippen LogP contribution < -0.4 is 0 Å². The summed E-state index contributed by atoms with van der Waals surface area (Å²) >= 11 is 5.83. The SMILES string of the molecule is O=C(O)c1nc(-c2c(Cl)cccc2[N+](=O)[O-])oc1C(=O)O. The highest BCUT2D eigenvalue weighted by molar-refractivity contribution is 6.33. The normalized spacial score (nSPS) is 10.3. The van der Waals surface area contributed by atoms with Gasteiger partial charge in [0, 0.05) is 6.07 Å². The predicted molar refractivity (Wildman–Crippen MR) is 67.5 cm³/mol. The Labute approximate surface area is 120 Å². The molecule has 0 aliphatic rings. The van der Waals surface area contributed by atoms with Crippen molar-refractivity contribution in [2.45, 2.75) is 0 Å². The molecule has 0 aliphatic carbocycles. The number of rotatable bonds is 4. The van der Waals surface area contributed by atoms with Gasteiger partial charge < -0.3 is 14.6 Å². The van der Waals surface area contributed by atoms with Gasteiger partial charge in [0.25, 0.3) is 5.69 Å². The van der Waals surface area contributed by atoms with Gasteiger partial charge in [0.2, 0.25) is 17.3 Å². The highest BCUT2D eigenvalue weighted by atomic mass is 35.5. The van der Waals surface area contributed by atoms with Gasteiger partial charge in [-0.15, -0.1) is 0 Å². The van der Waals surface area contributed by atoms with E-state index in [4.69, 9.17) is 26.2 Å². The molecule has 0 saturated carbocycles. The molecule has 9 nitrogen and oxygen atoms in total. The van der Waals surface area contributed by atoms with E-state index in [1.54, 1.807) is 0 Å². The monoisotopic (exact) mass is 312 g/mol. The Hall–Kier alpha value is -2.94. The molecule has 0 unspecified atom stereocenters. The number of carboxylic acids is 2. The second-order valence-electron chi connectivity index (χ2n) is 3.70. The number of nitrogens with zero attached hydrogens (tertiary/aromatic N) is 2. The molecular weight excluding hydrogens is 308 g/mol. The Morgan fingerprint density at radius 1 is 1.29 bits per heavy atom. The maximum absolute atomic E-state index is 11.0. The Morgan fingerprint density at radius 2 is 1.95 bits per heavy atom. The molecule has 2 N–H and O–H groups in total. The van der Waals surface area contributed by atoms with Crippen LogP contribution in [0, 0.1) is 10.1 Å². The summed E-state index contributed by atoms with van der Waals surface area (Å²) in [4.78, 5) is 35.5. The van der Waals surface area contributed by atoms with Crippen LogP contribution in [0.1, 0.15) is 21.0 Å². The number of aromatic carboxylic acids is 2. The molecule has 2 aromatic rings. The van der Waals surface area contributed by atoms with E-state index in [1.807, 2.05) is 0 Å². The lowest BCUT2D eigenvalue weighted by atomic mass is 10.2. The van der Waals surface area contributed by atoms with Gasteiger partial charge in [-0.25, -0.2) is 14.6 Å². The van der Waals surface area contributed by atoms with Crippen LogP contribution in [0.15, 0.2) is 22.6 Å². The van der Waals surface area contributed by atoms with Crippen molar-refractivity contribution in [1.82, 2.24) is 4.98 Å². The molecular formula is C11H5ClN2O7. The number of hydrogen-bond donors (Lipinski definition) is 2. The summed E-state index contributed by atoms with van der Waals surface area (Å²) in [6, 6.07) is 3.71. The number of nitro groups is 1. The van der Waals surface area contributed by atoms with Crippen molar-refractivity contribution >= 4 is 29.2 Å². The quantitative estimate of drug-likeness (QED) is 0.646. The van der Waals surface area contributed by atoms with Crippen molar-refractivity contribution in [3.8, 4) is 11.5 Å². The Bertz CT molecular complexity index is 736. The zero-order valence-corrected chi connectivity index (χ0v) is 10.7. The van der Waals surface area contributed by atoms with Gasteiger partial charge in [0.15, 0.2) is 0 Å². The maximum Gasteiger partial charge on any atom is 0.374 e. The summed E-state index contributed by atoms with van der Waals surface area (Å²) in [7, 11) is 0. The lowest BCUT2D eigenvalue weighted by molar-refractivity contribution is -0.384. The van der Waals surface area contributed by atoms with Crippen LogP contribution in [0.2, 0.25) is 5.02 Å². The smallest absolute Gasteiger partial charge is 0.374 e. The molecule has 21 heavy (non-hydrogen) atoms. The van der Waals surface area contributed by atoms with Crippen LogP contribution in [0.5, 0.6) is 0 Å². The molecule has 0 amide bonds. The van der Waals surface area contributed by atoms with Crippen molar-refractivity contribution in [3.63, 3.8) is 0 Å². The molecule has 1 heterocycles. The molecule has 0 fully saturated rings. The summed E-state index contributed by atoms with van der Waals surface area (Å²) in [6.07, 6.45) is 0. The minimum atomic E-state index is -1.67. The van der Waals surface area contributed by atoms with Crippen LogP contribution in [0.3, 0.4) is 0 Å². The highest BCUT2D eigenvalue weighted by Gasteiger charge is 2.29. The molecule has 10 heteroatoms.